The van der Waals surface area contributed by atoms with Crippen molar-refractivity contribution in [2.45, 2.75) is 62.7 Å². The standard InChI is InChI=1S/C22H28N2O7S/c1-10-15-13-7-12(20(26)28-13)16(24(3)4)17(30-21(27)23-11-5-6-32-9-11)18-22(2,31-18)8-14(15)29-19(10)25/h5-6,9-10,12-18H,7-8H2,1-4H3,(H,23,27). The van der Waals surface area contributed by atoms with Crippen LogP contribution in [0.1, 0.15) is 26.7 Å². The van der Waals surface area contributed by atoms with E-state index >= 15 is 0 Å². The largest absolute Gasteiger partial charge is 0.462 e. The van der Waals surface area contributed by atoms with E-state index in [0.29, 0.717) is 18.5 Å². The van der Waals surface area contributed by atoms with Gasteiger partial charge in [-0.3, -0.25) is 14.9 Å². The third kappa shape index (κ3) is 3.58. The molecule has 1 aliphatic carbocycles. The number of rotatable bonds is 3. The molecule has 4 heterocycles. The van der Waals surface area contributed by atoms with E-state index in [1.165, 1.54) is 11.3 Å². The summed E-state index contributed by atoms with van der Waals surface area (Å²) >= 11 is 1.47. The summed E-state index contributed by atoms with van der Waals surface area (Å²) in [6.07, 6.45) is -1.64. The summed E-state index contributed by atoms with van der Waals surface area (Å²) < 4.78 is 23.5. The summed E-state index contributed by atoms with van der Waals surface area (Å²) in [4.78, 5) is 40.0. The van der Waals surface area contributed by atoms with Crippen LogP contribution in [0.2, 0.25) is 0 Å². The molecule has 9 unspecified atom stereocenters. The van der Waals surface area contributed by atoms with Crippen LogP contribution in [0, 0.1) is 17.8 Å². The molecule has 32 heavy (non-hydrogen) atoms. The number of esters is 2. The van der Waals surface area contributed by atoms with Crippen LogP contribution in [0.5, 0.6) is 0 Å². The van der Waals surface area contributed by atoms with E-state index in [-0.39, 0.29) is 23.8 Å². The van der Waals surface area contributed by atoms with Gasteiger partial charge >= 0.3 is 18.0 Å². The average molecular weight is 465 g/mol. The van der Waals surface area contributed by atoms with Gasteiger partial charge in [0, 0.05) is 17.7 Å². The number of thiophene rings is 1. The topological polar surface area (TPSA) is 107 Å². The number of carbonyl (C=O) groups is 3. The second-order valence-electron chi connectivity index (χ2n) is 9.68. The van der Waals surface area contributed by atoms with Gasteiger partial charge in [-0.25, -0.2) is 4.79 Å². The van der Waals surface area contributed by atoms with Gasteiger partial charge in [-0.1, -0.05) is 6.92 Å². The molecule has 9 atom stereocenters. The van der Waals surface area contributed by atoms with Crippen molar-refractivity contribution in [1.29, 1.82) is 0 Å². The molecule has 0 spiro atoms. The highest BCUT2D eigenvalue weighted by Crippen LogP contribution is 2.52. The molecular formula is C22H28N2O7S. The van der Waals surface area contributed by atoms with Gasteiger partial charge in [-0.05, 0) is 38.9 Å². The van der Waals surface area contributed by atoms with Crippen molar-refractivity contribution in [1.82, 2.24) is 4.90 Å². The van der Waals surface area contributed by atoms with Gasteiger partial charge in [0.25, 0.3) is 0 Å². The van der Waals surface area contributed by atoms with Crippen LogP contribution in [-0.4, -0.2) is 73.1 Å². The number of hydrogen-bond donors (Lipinski definition) is 1. The molecule has 1 aromatic rings. The van der Waals surface area contributed by atoms with Crippen molar-refractivity contribution in [3.63, 3.8) is 0 Å². The fraction of sp³-hybridized carbons (Fsp3) is 0.682. The smallest absolute Gasteiger partial charge is 0.412 e. The Labute approximate surface area is 190 Å². The van der Waals surface area contributed by atoms with E-state index in [2.05, 4.69) is 5.32 Å². The van der Waals surface area contributed by atoms with Crippen molar-refractivity contribution in [2.75, 3.05) is 19.4 Å². The number of epoxide rings is 1. The minimum Gasteiger partial charge on any atom is -0.462 e. The molecule has 4 aliphatic rings. The number of carbonyl (C=O) groups excluding carboxylic acids is 3. The number of hydrogen-bond acceptors (Lipinski definition) is 9. The predicted octanol–water partition coefficient (Wildman–Crippen LogP) is 2.27. The van der Waals surface area contributed by atoms with Crippen LogP contribution in [0.15, 0.2) is 16.8 Å². The molecule has 3 saturated heterocycles. The van der Waals surface area contributed by atoms with E-state index < -0.39 is 48.1 Å². The van der Waals surface area contributed by atoms with Crippen molar-refractivity contribution in [3.8, 4) is 0 Å². The van der Waals surface area contributed by atoms with E-state index in [9.17, 15) is 14.4 Å². The van der Waals surface area contributed by atoms with Crippen molar-refractivity contribution >= 4 is 35.1 Å². The van der Waals surface area contributed by atoms with Crippen LogP contribution >= 0.6 is 11.3 Å². The lowest BCUT2D eigenvalue weighted by Crippen LogP contribution is -2.52. The highest BCUT2D eigenvalue weighted by atomic mass is 32.1. The summed E-state index contributed by atoms with van der Waals surface area (Å²) in [6, 6.07) is 1.35. The number of amides is 1. The molecule has 4 fully saturated rings. The Morgan fingerprint density at radius 3 is 2.69 bits per heavy atom. The molecule has 9 nitrogen and oxygen atoms in total. The molecule has 0 aromatic carbocycles. The molecule has 1 aromatic heterocycles. The molecule has 1 amide bonds. The zero-order chi connectivity index (χ0) is 22.8. The molecule has 1 N–H and O–H groups in total. The maximum absolute atomic E-state index is 13.0. The highest BCUT2D eigenvalue weighted by Gasteiger charge is 2.66. The SMILES string of the molecule is CC1C(=O)OC2CC3(C)OC3C(OC(=O)Nc3ccsc3)C(N(C)C)C3CC(OC3=O)C21. The molecule has 2 bridgehead atoms. The summed E-state index contributed by atoms with van der Waals surface area (Å²) in [6.45, 7) is 3.77. The lowest BCUT2D eigenvalue weighted by atomic mass is 9.76. The molecule has 1 saturated carbocycles. The molecular weight excluding hydrogens is 436 g/mol. The first-order chi connectivity index (χ1) is 15.2. The normalized spacial score (nSPS) is 42.5. The quantitative estimate of drug-likeness (QED) is 0.413. The summed E-state index contributed by atoms with van der Waals surface area (Å²) in [7, 11) is 3.72. The molecule has 10 heteroatoms. The van der Waals surface area contributed by atoms with Gasteiger partial charge < -0.3 is 23.8 Å². The van der Waals surface area contributed by atoms with Gasteiger partial charge in [-0.15, -0.1) is 0 Å². The summed E-state index contributed by atoms with van der Waals surface area (Å²) in [5, 5.41) is 6.41. The van der Waals surface area contributed by atoms with E-state index in [4.69, 9.17) is 18.9 Å². The molecule has 0 radical (unpaired) electrons. The summed E-state index contributed by atoms with van der Waals surface area (Å²) in [5.41, 5.74) is 0.0186. The average Bonchev–Trinajstić information content (AvgIpc) is 3.05. The van der Waals surface area contributed by atoms with E-state index in [1.54, 1.807) is 6.07 Å². The van der Waals surface area contributed by atoms with E-state index in [0.717, 1.165) is 0 Å². The van der Waals surface area contributed by atoms with Gasteiger partial charge in [0.1, 0.15) is 24.4 Å². The Morgan fingerprint density at radius 2 is 2.00 bits per heavy atom. The van der Waals surface area contributed by atoms with Crippen LogP contribution in [0.4, 0.5) is 10.5 Å². The van der Waals surface area contributed by atoms with Crippen LogP contribution in [0.25, 0.3) is 0 Å². The van der Waals surface area contributed by atoms with Crippen LogP contribution < -0.4 is 5.32 Å². The van der Waals surface area contributed by atoms with Gasteiger partial charge in [0.15, 0.2) is 0 Å². The Hall–Kier alpha value is -2.17. The van der Waals surface area contributed by atoms with Crippen molar-refractivity contribution in [3.05, 3.63) is 16.8 Å². The number of fused-ring (bicyclic) bond motifs is 5. The van der Waals surface area contributed by atoms with Gasteiger partial charge in [0.05, 0.1) is 29.2 Å². The lowest BCUT2D eigenvalue weighted by molar-refractivity contribution is -0.149. The van der Waals surface area contributed by atoms with Gasteiger partial charge in [0.2, 0.25) is 0 Å². The number of ether oxygens (including phenoxy) is 4. The number of nitrogens with one attached hydrogen (secondary N) is 1. The minimum atomic E-state index is -0.698. The van der Waals surface area contributed by atoms with E-state index in [1.807, 2.05) is 43.6 Å². The lowest BCUT2D eigenvalue weighted by Gasteiger charge is -2.35. The Balaban J connectivity index is 1.47. The second kappa shape index (κ2) is 7.71. The fourth-order valence-electron chi connectivity index (χ4n) is 5.73. The number of likely N-dealkylation sites (N-methyl/N-ethyl adjacent to an activating group) is 1. The third-order valence-corrected chi connectivity index (χ3v) is 8.02. The monoisotopic (exact) mass is 464 g/mol. The molecule has 5 rings (SSSR count). The first-order valence-corrected chi connectivity index (χ1v) is 11.9. The first kappa shape index (κ1) is 21.7. The maximum Gasteiger partial charge on any atom is 0.412 e. The first-order valence-electron chi connectivity index (χ1n) is 10.9. The molecule has 174 valence electrons. The number of nitrogens with zero attached hydrogens (tertiary/aromatic N) is 1. The fourth-order valence-corrected chi connectivity index (χ4v) is 6.32. The summed E-state index contributed by atoms with van der Waals surface area (Å²) in [5.74, 6) is -1.68. The Morgan fingerprint density at radius 1 is 1.25 bits per heavy atom. The Kier molecular flexibility index (Phi) is 5.22. The van der Waals surface area contributed by atoms with Crippen LogP contribution in [-0.2, 0) is 28.5 Å². The Bertz CT molecular complexity index is 921. The van der Waals surface area contributed by atoms with Gasteiger partial charge in [-0.2, -0.15) is 11.3 Å². The number of anilines is 1. The predicted molar refractivity (Wildman–Crippen MR) is 114 cm³/mol. The molecule has 3 aliphatic heterocycles. The van der Waals surface area contributed by atoms with Crippen molar-refractivity contribution < 1.29 is 33.3 Å². The zero-order valence-corrected chi connectivity index (χ0v) is 19.3. The third-order valence-electron chi connectivity index (χ3n) is 7.33. The minimum absolute atomic E-state index is 0.208. The van der Waals surface area contributed by atoms with Crippen LogP contribution in [0.3, 0.4) is 0 Å². The second-order valence-corrected chi connectivity index (χ2v) is 10.5. The van der Waals surface area contributed by atoms with Crippen molar-refractivity contribution in [2.24, 2.45) is 17.8 Å². The zero-order valence-electron chi connectivity index (χ0n) is 18.5. The maximum atomic E-state index is 13.0. The highest BCUT2D eigenvalue weighted by molar-refractivity contribution is 7.08.